The molecule has 146 valence electrons. The second-order valence-electron chi connectivity index (χ2n) is 6.87. The Morgan fingerprint density at radius 3 is 2.66 bits per heavy atom. The molecule has 1 N–H and O–H groups in total. The Balaban J connectivity index is 1.62. The van der Waals surface area contributed by atoms with Crippen LogP contribution >= 0.6 is 22.9 Å². The molecule has 0 saturated carbocycles. The number of carbonyl (C=O) groups excluding carboxylic acids is 2. The average molecular weight is 423 g/mol. The fraction of sp³-hybridized carbons (Fsp3) is 0.130. The summed E-state index contributed by atoms with van der Waals surface area (Å²) in [5.74, 6) is -0.139. The highest BCUT2D eigenvalue weighted by Gasteiger charge is 2.17. The van der Waals surface area contributed by atoms with Gasteiger partial charge in [-0.15, -0.1) is 11.3 Å². The number of halogens is 1. The Labute approximate surface area is 177 Å². The van der Waals surface area contributed by atoms with Gasteiger partial charge in [0.15, 0.2) is 6.29 Å². The minimum Gasteiger partial charge on any atom is -0.345 e. The summed E-state index contributed by atoms with van der Waals surface area (Å²) in [7, 11) is 0. The number of benzene rings is 2. The van der Waals surface area contributed by atoms with E-state index in [1.165, 1.54) is 11.3 Å². The first-order chi connectivity index (χ1) is 14.0. The fourth-order valence-corrected chi connectivity index (χ4v) is 4.33. The summed E-state index contributed by atoms with van der Waals surface area (Å²) in [5.41, 5.74) is 2.63. The topological polar surface area (TPSA) is 51.1 Å². The molecule has 2 aromatic heterocycles. The normalized spacial score (nSPS) is 12.1. The number of carbonyl (C=O) groups is 2. The van der Waals surface area contributed by atoms with Gasteiger partial charge in [-0.2, -0.15) is 0 Å². The van der Waals surface area contributed by atoms with E-state index in [4.69, 9.17) is 11.6 Å². The highest BCUT2D eigenvalue weighted by molar-refractivity contribution is 7.13. The lowest BCUT2D eigenvalue weighted by atomic mass is 10.1. The van der Waals surface area contributed by atoms with Crippen molar-refractivity contribution in [3.8, 4) is 0 Å². The molecule has 29 heavy (non-hydrogen) atoms. The molecule has 0 saturated heterocycles. The molecule has 1 unspecified atom stereocenters. The van der Waals surface area contributed by atoms with Gasteiger partial charge in [-0.25, -0.2) is 0 Å². The lowest BCUT2D eigenvalue weighted by Gasteiger charge is -2.14. The van der Waals surface area contributed by atoms with E-state index in [0.29, 0.717) is 22.0 Å². The smallest absolute Gasteiger partial charge is 0.253 e. The maximum Gasteiger partial charge on any atom is 0.253 e. The van der Waals surface area contributed by atoms with Crippen molar-refractivity contribution in [2.24, 2.45) is 0 Å². The fourth-order valence-electron chi connectivity index (χ4n) is 3.37. The number of aromatic nitrogens is 1. The molecule has 0 aliphatic heterocycles. The molecular weight excluding hydrogens is 404 g/mol. The third kappa shape index (κ3) is 4.11. The van der Waals surface area contributed by atoms with Crippen LogP contribution in [0.1, 0.15) is 43.4 Å². The standard InChI is InChI=1S/C23H19ClN2O2S/c1-15(21-10-9-19(14-27)29-21)25-23(28)20-4-2-3-17-11-12-26(22(17)20)13-16-5-7-18(24)8-6-16/h2-12,14-15H,13H2,1H3,(H,25,28). The Kier molecular flexibility index (Phi) is 5.51. The Bertz CT molecular complexity index is 1180. The Hall–Kier alpha value is -2.89. The second-order valence-corrected chi connectivity index (χ2v) is 8.45. The first kappa shape index (κ1) is 19.4. The summed E-state index contributed by atoms with van der Waals surface area (Å²) in [6.45, 7) is 2.57. The number of nitrogens with one attached hydrogen (secondary N) is 1. The van der Waals surface area contributed by atoms with Crippen LogP contribution in [0, 0.1) is 0 Å². The molecule has 1 amide bonds. The number of rotatable bonds is 6. The highest BCUT2D eigenvalue weighted by Crippen LogP contribution is 2.25. The van der Waals surface area contributed by atoms with Gasteiger partial charge >= 0.3 is 0 Å². The zero-order valence-electron chi connectivity index (χ0n) is 15.8. The monoisotopic (exact) mass is 422 g/mol. The maximum atomic E-state index is 13.1. The van der Waals surface area contributed by atoms with Gasteiger partial charge < -0.3 is 9.88 Å². The van der Waals surface area contributed by atoms with E-state index in [9.17, 15) is 9.59 Å². The van der Waals surface area contributed by atoms with E-state index in [-0.39, 0.29) is 11.9 Å². The second kappa shape index (κ2) is 8.23. The van der Waals surface area contributed by atoms with E-state index >= 15 is 0 Å². The average Bonchev–Trinajstić information content (AvgIpc) is 3.37. The molecule has 0 bridgehead atoms. The predicted molar refractivity (Wildman–Crippen MR) is 118 cm³/mol. The lowest BCUT2D eigenvalue weighted by molar-refractivity contribution is 0.0941. The predicted octanol–water partition coefficient (Wildman–Crippen LogP) is 5.71. The molecule has 0 fully saturated rings. The van der Waals surface area contributed by atoms with Crippen LogP contribution in [0.5, 0.6) is 0 Å². The van der Waals surface area contributed by atoms with Gasteiger partial charge in [-0.3, -0.25) is 9.59 Å². The number of fused-ring (bicyclic) bond motifs is 1. The van der Waals surface area contributed by atoms with Crippen molar-refractivity contribution >= 4 is 46.0 Å². The van der Waals surface area contributed by atoms with Gasteiger partial charge in [0, 0.05) is 28.0 Å². The van der Waals surface area contributed by atoms with Crippen LogP contribution < -0.4 is 5.32 Å². The van der Waals surface area contributed by atoms with Crippen molar-refractivity contribution in [3.05, 3.63) is 92.8 Å². The highest BCUT2D eigenvalue weighted by atomic mass is 35.5. The van der Waals surface area contributed by atoms with Gasteiger partial charge in [0.25, 0.3) is 5.91 Å². The van der Waals surface area contributed by atoms with Gasteiger partial charge in [-0.05, 0) is 48.9 Å². The van der Waals surface area contributed by atoms with E-state index in [1.54, 1.807) is 6.07 Å². The van der Waals surface area contributed by atoms with Gasteiger partial charge in [-0.1, -0.05) is 35.9 Å². The van der Waals surface area contributed by atoms with Crippen LogP contribution in [0.25, 0.3) is 10.9 Å². The molecule has 6 heteroatoms. The minimum absolute atomic E-state index is 0.139. The summed E-state index contributed by atoms with van der Waals surface area (Å²) in [4.78, 5) is 25.6. The molecule has 4 rings (SSSR count). The summed E-state index contributed by atoms with van der Waals surface area (Å²) in [6.07, 6.45) is 2.82. The van der Waals surface area contributed by atoms with Crippen molar-refractivity contribution < 1.29 is 9.59 Å². The number of para-hydroxylation sites is 1. The van der Waals surface area contributed by atoms with E-state index in [2.05, 4.69) is 9.88 Å². The number of aldehydes is 1. The summed E-state index contributed by atoms with van der Waals surface area (Å²) >= 11 is 7.38. The number of amides is 1. The maximum absolute atomic E-state index is 13.1. The molecule has 0 aliphatic rings. The molecule has 2 aromatic carbocycles. The number of hydrogen-bond donors (Lipinski definition) is 1. The van der Waals surface area contributed by atoms with Crippen LogP contribution in [0.3, 0.4) is 0 Å². The summed E-state index contributed by atoms with van der Waals surface area (Å²) < 4.78 is 2.08. The third-order valence-electron chi connectivity index (χ3n) is 4.84. The van der Waals surface area contributed by atoms with Crippen molar-refractivity contribution in [1.82, 2.24) is 9.88 Å². The molecule has 2 heterocycles. The van der Waals surface area contributed by atoms with Crippen molar-refractivity contribution in [2.75, 3.05) is 0 Å². The summed E-state index contributed by atoms with van der Waals surface area (Å²) in [5, 5.41) is 4.77. The van der Waals surface area contributed by atoms with Crippen molar-refractivity contribution in [1.29, 1.82) is 0 Å². The van der Waals surface area contributed by atoms with Gasteiger partial charge in [0.1, 0.15) is 0 Å². The van der Waals surface area contributed by atoms with Crippen molar-refractivity contribution in [2.45, 2.75) is 19.5 Å². The first-order valence-corrected chi connectivity index (χ1v) is 10.4. The third-order valence-corrected chi connectivity index (χ3v) is 6.28. The molecule has 0 aliphatic carbocycles. The van der Waals surface area contributed by atoms with Gasteiger partial charge in [0.05, 0.1) is 22.0 Å². The first-order valence-electron chi connectivity index (χ1n) is 9.23. The lowest BCUT2D eigenvalue weighted by Crippen LogP contribution is -2.26. The van der Waals surface area contributed by atoms with E-state index < -0.39 is 0 Å². The number of nitrogens with zero attached hydrogens (tertiary/aromatic N) is 1. The van der Waals surface area contributed by atoms with Crippen LogP contribution in [0.15, 0.2) is 66.9 Å². The molecule has 0 spiro atoms. The SMILES string of the molecule is CC(NC(=O)c1cccc2ccn(Cc3ccc(Cl)cc3)c12)c1ccc(C=O)s1. The quantitative estimate of drug-likeness (QED) is 0.405. The molecule has 4 aromatic rings. The molecule has 1 atom stereocenters. The van der Waals surface area contributed by atoms with Gasteiger partial charge in [0.2, 0.25) is 0 Å². The van der Waals surface area contributed by atoms with Crippen LogP contribution in [-0.4, -0.2) is 16.8 Å². The van der Waals surface area contributed by atoms with Crippen LogP contribution in [0.2, 0.25) is 5.02 Å². The summed E-state index contributed by atoms with van der Waals surface area (Å²) in [6, 6.07) is 18.9. The van der Waals surface area contributed by atoms with Crippen LogP contribution in [0.4, 0.5) is 0 Å². The number of hydrogen-bond acceptors (Lipinski definition) is 3. The molecule has 0 radical (unpaired) electrons. The molecular formula is C23H19ClN2O2S. The van der Waals surface area contributed by atoms with Crippen LogP contribution in [-0.2, 0) is 6.54 Å². The minimum atomic E-state index is -0.184. The zero-order valence-corrected chi connectivity index (χ0v) is 17.3. The Morgan fingerprint density at radius 1 is 1.14 bits per heavy atom. The number of thiophene rings is 1. The van der Waals surface area contributed by atoms with E-state index in [1.807, 2.05) is 67.7 Å². The molecule has 4 nitrogen and oxygen atoms in total. The Morgan fingerprint density at radius 2 is 1.93 bits per heavy atom. The van der Waals surface area contributed by atoms with Crippen molar-refractivity contribution in [3.63, 3.8) is 0 Å². The largest absolute Gasteiger partial charge is 0.345 e. The zero-order chi connectivity index (χ0) is 20.4. The van der Waals surface area contributed by atoms with E-state index in [0.717, 1.165) is 27.6 Å².